The molecule has 0 aliphatic rings. The maximum absolute atomic E-state index is 13.8. The van der Waals surface area contributed by atoms with Gasteiger partial charge in [0.1, 0.15) is 17.6 Å². The number of hydrogen-bond donors (Lipinski definition) is 1. The molecule has 2 aromatic rings. The van der Waals surface area contributed by atoms with Gasteiger partial charge in [-0.3, -0.25) is 4.98 Å². The van der Waals surface area contributed by atoms with Crippen molar-refractivity contribution in [2.24, 2.45) is 0 Å². The van der Waals surface area contributed by atoms with E-state index in [1.54, 1.807) is 19.9 Å². The molecule has 0 bridgehead atoms. The van der Waals surface area contributed by atoms with E-state index in [0.29, 0.717) is 22.5 Å². The van der Waals surface area contributed by atoms with E-state index in [0.717, 1.165) is 0 Å². The normalized spacial score (nSPS) is 10.1. The van der Waals surface area contributed by atoms with Crippen LogP contribution in [0.25, 0.3) is 11.3 Å². The summed E-state index contributed by atoms with van der Waals surface area (Å²) in [4.78, 5) is 4.21. The van der Waals surface area contributed by atoms with Crippen LogP contribution in [0.1, 0.15) is 16.8 Å². The maximum Gasteiger partial charge on any atom is 0.136 e. The smallest absolute Gasteiger partial charge is 0.136 e. The van der Waals surface area contributed by atoms with Gasteiger partial charge in [0.15, 0.2) is 0 Å². The number of phenolic OH excluding ortho intramolecular Hbond substituents is 1. The SMILES string of the molecule is Cc1cc(C#N)c(C)nc1-c1c(O)cccc1F. The number of pyridine rings is 1. The Morgan fingerprint density at radius 3 is 2.67 bits per heavy atom. The first-order valence-corrected chi connectivity index (χ1v) is 5.40. The lowest BCUT2D eigenvalue weighted by molar-refractivity contribution is 0.471. The van der Waals surface area contributed by atoms with E-state index in [4.69, 9.17) is 5.26 Å². The van der Waals surface area contributed by atoms with Crippen LogP contribution in [0.3, 0.4) is 0 Å². The van der Waals surface area contributed by atoms with Crippen LogP contribution in [0, 0.1) is 31.0 Å². The first-order valence-electron chi connectivity index (χ1n) is 5.40. The molecule has 0 radical (unpaired) electrons. The fourth-order valence-electron chi connectivity index (χ4n) is 1.82. The molecule has 1 aromatic carbocycles. The Labute approximate surface area is 104 Å². The number of aryl methyl sites for hydroxylation is 2. The van der Waals surface area contributed by atoms with Gasteiger partial charge in [-0.1, -0.05) is 6.07 Å². The number of halogens is 1. The van der Waals surface area contributed by atoms with Crippen LogP contribution in [-0.4, -0.2) is 10.1 Å². The molecule has 18 heavy (non-hydrogen) atoms. The molecule has 0 spiro atoms. The molecule has 0 saturated heterocycles. The fourth-order valence-corrected chi connectivity index (χ4v) is 1.82. The molecule has 0 fully saturated rings. The lowest BCUT2D eigenvalue weighted by Crippen LogP contribution is -1.97. The van der Waals surface area contributed by atoms with E-state index in [-0.39, 0.29) is 11.3 Å². The first-order chi connectivity index (χ1) is 8.54. The number of nitriles is 1. The van der Waals surface area contributed by atoms with Crippen LogP contribution in [0.5, 0.6) is 5.75 Å². The summed E-state index contributed by atoms with van der Waals surface area (Å²) in [6.07, 6.45) is 0. The quantitative estimate of drug-likeness (QED) is 0.836. The number of nitrogens with zero attached hydrogens (tertiary/aromatic N) is 2. The van der Waals surface area contributed by atoms with Gasteiger partial charge in [-0.25, -0.2) is 4.39 Å². The van der Waals surface area contributed by atoms with E-state index < -0.39 is 5.82 Å². The molecule has 2 rings (SSSR count). The van der Waals surface area contributed by atoms with Crippen LogP contribution in [0.15, 0.2) is 24.3 Å². The van der Waals surface area contributed by atoms with Crippen molar-refractivity contribution in [1.29, 1.82) is 5.26 Å². The largest absolute Gasteiger partial charge is 0.507 e. The third-order valence-electron chi connectivity index (χ3n) is 2.75. The van der Waals surface area contributed by atoms with Gasteiger partial charge in [-0.15, -0.1) is 0 Å². The second kappa shape index (κ2) is 4.46. The van der Waals surface area contributed by atoms with Gasteiger partial charge < -0.3 is 5.11 Å². The average Bonchev–Trinajstić information content (AvgIpc) is 2.32. The molecule has 90 valence electrons. The highest BCUT2D eigenvalue weighted by atomic mass is 19.1. The molecule has 1 N–H and O–H groups in total. The van der Waals surface area contributed by atoms with E-state index in [1.807, 2.05) is 6.07 Å². The Hall–Kier alpha value is -2.41. The Kier molecular flexibility index (Phi) is 2.99. The Morgan fingerprint density at radius 1 is 1.33 bits per heavy atom. The molecule has 0 aliphatic carbocycles. The van der Waals surface area contributed by atoms with Crippen molar-refractivity contribution in [3.8, 4) is 23.1 Å². The van der Waals surface area contributed by atoms with E-state index in [2.05, 4.69) is 4.98 Å². The van der Waals surface area contributed by atoms with Crippen molar-refractivity contribution in [2.75, 3.05) is 0 Å². The first kappa shape index (κ1) is 12.1. The second-order valence-corrected chi connectivity index (χ2v) is 4.03. The summed E-state index contributed by atoms with van der Waals surface area (Å²) in [6, 6.07) is 7.78. The number of rotatable bonds is 1. The maximum atomic E-state index is 13.8. The Balaban J connectivity index is 2.73. The van der Waals surface area contributed by atoms with Crippen molar-refractivity contribution in [3.05, 3.63) is 46.9 Å². The van der Waals surface area contributed by atoms with E-state index >= 15 is 0 Å². The van der Waals surface area contributed by atoms with Gasteiger partial charge >= 0.3 is 0 Å². The molecule has 0 unspecified atom stereocenters. The zero-order valence-electron chi connectivity index (χ0n) is 10.0. The van der Waals surface area contributed by atoms with Crippen molar-refractivity contribution in [2.45, 2.75) is 13.8 Å². The van der Waals surface area contributed by atoms with E-state index in [9.17, 15) is 9.50 Å². The number of benzene rings is 1. The minimum Gasteiger partial charge on any atom is -0.507 e. The molecule has 0 saturated carbocycles. The minimum absolute atomic E-state index is 0.0718. The highest BCUT2D eigenvalue weighted by molar-refractivity contribution is 5.71. The minimum atomic E-state index is -0.533. The predicted octanol–water partition coefficient (Wildman–Crippen LogP) is 3.08. The lowest BCUT2D eigenvalue weighted by Gasteiger charge is -2.10. The monoisotopic (exact) mass is 242 g/mol. The summed E-state index contributed by atoms with van der Waals surface area (Å²) in [5.41, 5.74) is 2.05. The molecular formula is C14H11FN2O. The Morgan fingerprint density at radius 2 is 2.06 bits per heavy atom. The second-order valence-electron chi connectivity index (χ2n) is 4.03. The topological polar surface area (TPSA) is 56.9 Å². The lowest BCUT2D eigenvalue weighted by atomic mass is 10.0. The van der Waals surface area contributed by atoms with Crippen LogP contribution in [0.2, 0.25) is 0 Å². The van der Waals surface area contributed by atoms with Gasteiger partial charge in [-0.05, 0) is 37.6 Å². The van der Waals surface area contributed by atoms with Gasteiger partial charge in [0.05, 0.1) is 22.5 Å². The molecule has 1 aromatic heterocycles. The van der Waals surface area contributed by atoms with Crippen molar-refractivity contribution in [3.63, 3.8) is 0 Å². The summed E-state index contributed by atoms with van der Waals surface area (Å²) < 4.78 is 13.8. The van der Waals surface area contributed by atoms with Crippen LogP contribution in [0.4, 0.5) is 4.39 Å². The third kappa shape index (κ3) is 1.91. The highest BCUT2D eigenvalue weighted by Gasteiger charge is 2.15. The predicted molar refractivity (Wildman–Crippen MR) is 65.5 cm³/mol. The third-order valence-corrected chi connectivity index (χ3v) is 2.75. The molecule has 0 amide bonds. The summed E-state index contributed by atoms with van der Waals surface area (Å²) in [5.74, 6) is -0.690. The summed E-state index contributed by atoms with van der Waals surface area (Å²) in [5, 5.41) is 18.6. The summed E-state index contributed by atoms with van der Waals surface area (Å²) >= 11 is 0. The highest BCUT2D eigenvalue weighted by Crippen LogP contribution is 2.33. The van der Waals surface area contributed by atoms with E-state index in [1.165, 1.54) is 18.2 Å². The Bertz CT molecular complexity index is 639. The number of aromatic nitrogens is 1. The molecule has 1 heterocycles. The molecule has 0 aliphatic heterocycles. The van der Waals surface area contributed by atoms with Gasteiger partial charge in [-0.2, -0.15) is 5.26 Å². The van der Waals surface area contributed by atoms with Gasteiger partial charge in [0.25, 0.3) is 0 Å². The summed E-state index contributed by atoms with van der Waals surface area (Å²) in [6.45, 7) is 3.41. The van der Waals surface area contributed by atoms with Gasteiger partial charge in [0.2, 0.25) is 0 Å². The van der Waals surface area contributed by atoms with Crippen LogP contribution < -0.4 is 0 Å². The molecule has 0 atom stereocenters. The van der Waals surface area contributed by atoms with Gasteiger partial charge in [0, 0.05) is 0 Å². The fraction of sp³-hybridized carbons (Fsp3) is 0.143. The summed E-state index contributed by atoms with van der Waals surface area (Å²) in [7, 11) is 0. The number of hydrogen-bond acceptors (Lipinski definition) is 3. The molecular weight excluding hydrogens is 231 g/mol. The average molecular weight is 242 g/mol. The number of phenols is 1. The zero-order chi connectivity index (χ0) is 13.3. The number of aromatic hydroxyl groups is 1. The zero-order valence-corrected chi connectivity index (χ0v) is 10.0. The van der Waals surface area contributed by atoms with Crippen molar-refractivity contribution < 1.29 is 9.50 Å². The van der Waals surface area contributed by atoms with Crippen LogP contribution in [-0.2, 0) is 0 Å². The molecule has 3 nitrogen and oxygen atoms in total. The van der Waals surface area contributed by atoms with Crippen molar-refractivity contribution >= 4 is 0 Å². The van der Waals surface area contributed by atoms with Crippen LogP contribution >= 0.6 is 0 Å². The molecule has 4 heteroatoms. The van der Waals surface area contributed by atoms with Crippen molar-refractivity contribution in [1.82, 2.24) is 4.98 Å². The standard InChI is InChI=1S/C14H11FN2O/c1-8-6-10(7-16)9(2)17-14(8)13-11(15)4-3-5-12(13)18/h3-6,18H,1-2H3.